The highest BCUT2D eigenvalue weighted by Gasteiger charge is 2.01. The molecule has 0 aliphatic heterocycles. The van der Waals surface area contributed by atoms with Gasteiger partial charge in [-0.05, 0) is 36.3 Å². The Morgan fingerprint density at radius 3 is 2.33 bits per heavy atom. The van der Waals surface area contributed by atoms with Crippen LogP contribution in [-0.4, -0.2) is 0 Å². The highest BCUT2D eigenvalue weighted by Crippen LogP contribution is 2.19. The Morgan fingerprint density at radius 1 is 1.13 bits per heavy atom. The van der Waals surface area contributed by atoms with Gasteiger partial charge in [0, 0.05) is 0 Å². The van der Waals surface area contributed by atoms with Gasteiger partial charge in [-0.1, -0.05) is 57.9 Å². The second-order valence-electron chi connectivity index (χ2n) is 4.36. The minimum absolute atomic E-state index is 0.693. The molecule has 0 nitrogen and oxygen atoms in total. The molecule has 0 aromatic heterocycles. The highest BCUT2D eigenvalue weighted by molar-refractivity contribution is 5.25. The van der Waals surface area contributed by atoms with E-state index in [1.807, 2.05) is 0 Å². The van der Waals surface area contributed by atoms with Crippen molar-refractivity contribution in [2.45, 2.75) is 51.9 Å². The fourth-order valence-electron chi connectivity index (χ4n) is 1.75. The van der Waals surface area contributed by atoms with Gasteiger partial charge < -0.3 is 0 Å². The summed E-state index contributed by atoms with van der Waals surface area (Å²) in [6.45, 7) is 8.40. The number of unbranched alkanes of at least 4 members (excludes halogenated alkanes) is 2. The summed E-state index contributed by atoms with van der Waals surface area (Å²) in [6.07, 6.45) is 6.00. The normalized spacial score (nSPS) is 12.7. The Morgan fingerprint density at radius 2 is 1.80 bits per heavy atom. The van der Waals surface area contributed by atoms with E-state index in [0.29, 0.717) is 5.92 Å². The van der Waals surface area contributed by atoms with Gasteiger partial charge >= 0.3 is 0 Å². The molecule has 0 heterocycles. The Kier molecular flexibility index (Phi) is 5.45. The maximum Gasteiger partial charge on any atom is -0.0193 e. The van der Waals surface area contributed by atoms with Crippen molar-refractivity contribution < 1.29 is 0 Å². The third kappa shape index (κ3) is 4.07. The fourth-order valence-corrected chi connectivity index (χ4v) is 1.75. The molecule has 1 rings (SSSR count). The summed E-state index contributed by atoms with van der Waals surface area (Å²) in [4.78, 5) is 0. The second-order valence-corrected chi connectivity index (χ2v) is 4.36. The fraction of sp³-hybridized carbons (Fsp3) is 0.533. The summed E-state index contributed by atoms with van der Waals surface area (Å²) < 4.78 is 0. The van der Waals surface area contributed by atoms with E-state index in [0.717, 1.165) is 6.42 Å². The van der Waals surface area contributed by atoms with Crippen LogP contribution < -0.4 is 0 Å². The molecule has 0 saturated carbocycles. The zero-order chi connectivity index (χ0) is 11.1. The van der Waals surface area contributed by atoms with E-state index in [9.17, 15) is 0 Å². The van der Waals surface area contributed by atoms with E-state index >= 15 is 0 Å². The first-order valence-electron chi connectivity index (χ1n) is 6.16. The van der Waals surface area contributed by atoms with Crippen LogP contribution in [0, 0.1) is 6.92 Å². The molecule has 0 heteroatoms. The van der Waals surface area contributed by atoms with E-state index < -0.39 is 0 Å². The summed E-state index contributed by atoms with van der Waals surface area (Å²) in [7, 11) is 0. The van der Waals surface area contributed by atoms with Crippen LogP contribution in [0.5, 0.6) is 0 Å². The predicted molar refractivity (Wildman–Crippen MR) is 68.1 cm³/mol. The molecule has 0 saturated heterocycles. The van der Waals surface area contributed by atoms with Crippen molar-refractivity contribution in [1.29, 1.82) is 0 Å². The van der Waals surface area contributed by atoms with Crippen molar-refractivity contribution in [3.05, 3.63) is 42.3 Å². The standard InChI is InChI=1S/C15H23/c1-4-6-7-8-14-9-11-15(12-10-14)13(3)5-2/h9-13H,1,4-8H2,2-3H3. The van der Waals surface area contributed by atoms with Gasteiger partial charge in [-0.3, -0.25) is 0 Å². The second kappa shape index (κ2) is 6.66. The summed E-state index contributed by atoms with van der Waals surface area (Å²) in [5.41, 5.74) is 2.94. The Bertz CT molecular complexity index is 258. The number of benzene rings is 1. The number of rotatable bonds is 6. The first-order chi connectivity index (χ1) is 7.27. The number of hydrogen-bond acceptors (Lipinski definition) is 0. The molecule has 0 bridgehead atoms. The SMILES string of the molecule is [CH2]CCCCc1ccc(C(C)CC)cc1. The van der Waals surface area contributed by atoms with Gasteiger partial charge in [0.05, 0.1) is 0 Å². The van der Waals surface area contributed by atoms with Crippen molar-refractivity contribution in [3.8, 4) is 0 Å². The van der Waals surface area contributed by atoms with Crippen LogP contribution in [-0.2, 0) is 6.42 Å². The van der Waals surface area contributed by atoms with Crippen LogP contribution in [0.2, 0.25) is 0 Å². The minimum Gasteiger partial charge on any atom is -0.0648 e. The largest absolute Gasteiger partial charge is 0.0648 e. The maximum atomic E-state index is 3.87. The topological polar surface area (TPSA) is 0 Å². The number of hydrogen-bond donors (Lipinski definition) is 0. The molecular weight excluding hydrogens is 180 g/mol. The smallest absolute Gasteiger partial charge is 0.0193 e. The maximum absolute atomic E-state index is 3.87. The molecule has 0 aliphatic rings. The van der Waals surface area contributed by atoms with E-state index in [2.05, 4.69) is 45.0 Å². The molecule has 1 radical (unpaired) electrons. The molecular formula is C15H23. The van der Waals surface area contributed by atoms with Crippen molar-refractivity contribution in [2.75, 3.05) is 0 Å². The van der Waals surface area contributed by atoms with E-state index in [1.165, 1.54) is 36.8 Å². The monoisotopic (exact) mass is 203 g/mol. The first kappa shape index (κ1) is 12.3. The highest BCUT2D eigenvalue weighted by atomic mass is 14.1. The van der Waals surface area contributed by atoms with Crippen molar-refractivity contribution >= 4 is 0 Å². The van der Waals surface area contributed by atoms with Crippen LogP contribution in [0.3, 0.4) is 0 Å². The van der Waals surface area contributed by atoms with Gasteiger partial charge in [0.15, 0.2) is 0 Å². The van der Waals surface area contributed by atoms with Crippen molar-refractivity contribution in [2.24, 2.45) is 0 Å². The quantitative estimate of drug-likeness (QED) is 0.585. The molecule has 1 aromatic carbocycles. The Hall–Kier alpha value is -0.780. The summed E-state index contributed by atoms with van der Waals surface area (Å²) in [6, 6.07) is 9.14. The van der Waals surface area contributed by atoms with E-state index in [4.69, 9.17) is 0 Å². The third-order valence-corrected chi connectivity index (χ3v) is 3.13. The molecule has 1 aromatic rings. The molecule has 0 amide bonds. The molecule has 1 atom stereocenters. The first-order valence-corrected chi connectivity index (χ1v) is 6.16. The molecule has 0 spiro atoms. The lowest BCUT2D eigenvalue weighted by Crippen LogP contribution is -1.92. The average molecular weight is 203 g/mol. The molecule has 83 valence electrons. The zero-order valence-corrected chi connectivity index (χ0v) is 10.1. The average Bonchev–Trinajstić information content (AvgIpc) is 2.29. The van der Waals surface area contributed by atoms with E-state index in [1.54, 1.807) is 0 Å². The van der Waals surface area contributed by atoms with Crippen LogP contribution in [0.1, 0.15) is 56.6 Å². The van der Waals surface area contributed by atoms with E-state index in [-0.39, 0.29) is 0 Å². The Balaban J connectivity index is 2.49. The predicted octanol–water partition coefficient (Wildman–Crippen LogP) is 4.75. The molecule has 0 aliphatic carbocycles. The zero-order valence-electron chi connectivity index (χ0n) is 10.1. The summed E-state index contributed by atoms with van der Waals surface area (Å²) >= 11 is 0. The Labute approximate surface area is 94.7 Å². The summed E-state index contributed by atoms with van der Waals surface area (Å²) in [5.74, 6) is 0.693. The number of aryl methyl sites for hydroxylation is 1. The summed E-state index contributed by atoms with van der Waals surface area (Å²) in [5, 5.41) is 0. The van der Waals surface area contributed by atoms with Crippen LogP contribution in [0.25, 0.3) is 0 Å². The van der Waals surface area contributed by atoms with Gasteiger partial charge in [-0.25, -0.2) is 0 Å². The van der Waals surface area contributed by atoms with Crippen LogP contribution in [0.4, 0.5) is 0 Å². The lowest BCUT2D eigenvalue weighted by atomic mass is 9.96. The van der Waals surface area contributed by atoms with Gasteiger partial charge in [0.1, 0.15) is 0 Å². The molecule has 15 heavy (non-hydrogen) atoms. The molecule has 0 fully saturated rings. The lowest BCUT2D eigenvalue weighted by molar-refractivity contribution is 0.728. The van der Waals surface area contributed by atoms with Gasteiger partial charge in [-0.15, -0.1) is 0 Å². The van der Waals surface area contributed by atoms with Crippen LogP contribution >= 0.6 is 0 Å². The van der Waals surface area contributed by atoms with Crippen LogP contribution in [0.15, 0.2) is 24.3 Å². The van der Waals surface area contributed by atoms with Crippen molar-refractivity contribution in [3.63, 3.8) is 0 Å². The van der Waals surface area contributed by atoms with Gasteiger partial charge in [-0.2, -0.15) is 0 Å². The van der Waals surface area contributed by atoms with Gasteiger partial charge in [0.25, 0.3) is 0 Å². The van der Waals surface area contributed by atoms with Gasteiger partial charge in [0.2, 0.25) is 0 Å². The minimum atomic E-state index is 0.693. The molecule has 0 N–H and O–H groups in total. The van der Waals surface area contributed by atoms with Crippen molar-refractivity contribution in [1.82, 2.24) is 0 Å². The third-order valence-electron chi connectivity index (χ3n) is 3.13. The molecule has 1 unspecified atom stereocenters. The lowest BCUT2D eigenvalue weighted by Gasteiger charge is -2.09.